The zero-order chi connectivity index (χ0) is 16.0. The summed E-state index contributed by atoms with van der Waals surface area (Å²) in [6.45, 7) is -0.760. The molecule has 0 fully saturated rings. The van der Waals surface area contributed by atoms with E-state index in [1.54, 1.807) is 0 Å². The zero-order valence-corrected chi connectivity index (χ0v) is 11.3. The molecule has 0 radical (unpaired) electrons. The van der Waals surface area contributed by atoms with E-state index in [1.807, 2.05) is 4.72 Å². The summed E-state index contributed by atoms with van der Waals surface area (Å²) in [5.41, 5.74) is 0.102. The van der Waals surface area contributed by atoms with Crippen LogP contribution in [0.4, 0.5) is 0 Å². The molecule has 1 aromatic carbocycles. The maximum Gasteiger partial charge on any atom is 0.328 e. The van der Waals surface area contributed by atoms with Crippen LogP contribution >= 0.6 is 0 Å². The van der Waals surface area contributed by atoms with Gasteiger partial charge in [-0.25, -0.2) is 13.2 Å². The van der Waals surface area contributed by atoms with Crippen molar-refractivity contribution in [2.45, 2.75) is 4.90 Å². The SMILES string of the molecule is O=C(O)/C=C/C(=O)c1ccc(S(=O)(=O)NCC(=O)O)cc1. The maximum absolute atomic E-state index is 11.7. The average Bonchev–Trinajstić information content (AvgIpc) is 2.43. The number of hydrogen-bond acceptors (Lipinski definition) is 5. The molecule has 0 unspecified atom stereocenters. The smallest absolute Gasteiger partial charge is 0.328 e. The number of benzene rings is 1. The highest BCUT2D eigenvalue weighted by atomic mass is 32.2. The van der Waals surface area contributed by atoms with Crippen LogP contribution in [0, 0.1) is 0 Å². The fourth-order valence-electron chi connectivity index (χ4n) is 1.28. The van der Waals surface area contributed by atoms with Gasteiger partial charge in [-0.15, -0.1) is 0 Å². The number of carboxylic acid groups (broad SMARTS) is 2. The third-order valence-electron chi connectivity index (χ3n) is 2.24. The minimum atomic E-state index is -3.98. The van der Waals surface area contributed by atoms with E-state index in [9.17, 15) is 22.8 Å². The fourth-order valence-corrected chi connectivity index (χ4v) is 2.26. The summed E-state index contributed by atoms with van der Waals surface area (Å²) in [7, 11) is -3.98. The second-order valence-corrected chi connectivity index (χ2v) is 5.55. The number of ketones is 1. The number of allylic oxidation sites excluding steroid dienone is 1. The van der Waals surface area contributed by atoms with E-state index < -0.39 is 34.3 Å². The summed E-state index contributed by atoms with van der Waals surface area (Å²) in [4.78, 5) is 31.9. The Kier molecular flexibility index (Phi) is 5.33. The molecule has 8 nitrogen and oxygen atoms in total. The van der Waals surface area contributed by atoms with Crippen LogP contribution in [0.25, 0.3) is 0 Å². The first-order valence-electron chi connectivity index (χ1n) is 5.49. The lowest BCUT2D eigenvalue weighted by atomic mass is 10.1. The molecule has 0 aliphatic carbocycles. The lowest BCUT2D eigenvalue weighted by Gasteiger charge is -2.05. The van der Waals surface area contributed by atoms with Crippen molar-refractivity contribution >= 4 is 27.7 Å². The maximum atomic E-state index is 11.7. The van der Waals surface area contributed by atoms with Gasteiger partial charge in [-0.3, -0.25) is 9.59 Å². The predicted molar refractivity (Wildman–Crippen MR) is 70.4 cm³/mol. The van der Waals surface area contributed by atoms with Crippen LogP contribution in [0.3, 0.4) is 0 Å². The molecule has 0 bridgehead atoms. The van der Waals surface area contributed by atoms with Gasteiger partial charge in [0.05, 0.1) is 4.90 Å². The van der Waals surface area contributed by atoms with E-state index in [4.69, 9.17) is 10.2 Å². The largest absolute Gasteiger partial charge is 0.480 e. The van der Waals surface area contributed by atoms with E-state index >= 15 is 0 Å². The first-order valence-corrected chi connectivity index (χ1v) is 6.97. The lowest BCUT2D eigenvalue weighted by Crippen LogP contribution is -2.29. The molecule has 21 heavy (non-hydrogen) atoms. The van der Waals surface area contributed by atoms with E-state index in [0.29, 0.717) is 6.08 Å². The molecule has 1 rings (SSSR count). The highest BCUT2D eigenvalue weighted by molar-refractivity contribution is 7.89. The van der Waals surface area contributed by atoms with Crippen LogP contribution < -0.4 is 4.72 Å². The third-order valence-corrected chi connectivity index (χ3v) is 3.66. The van der Waals surface area contributed by atoms with Gasteiger partial charge in [0.15, 0.2) is 5.78 Å². The van der Waals surface area contributed by atoms with Gasteiger partial charge in [0.25, 0.3) is 0 Å². The van der Waals surface area contributed by atoms with E-state index in [1.165, 1.54) is 12.1 Å². The van der Waals surface area contributed by atoms with Gasteiger partial charge in [-0.05, 0) is 30.3 Å². The fraction of sp³-hybridized carbons (Fsp3) is 0.0833. The monoisotopic (exact) mass is 313 g/mol. The van der Waals surface area contributed by atoms with Crippen molar-refractivity contribution in [1.82, 2.24) is 4.72 Å². The van der Waals surface area contributed by atoms with Crippen LogP contribution in [0.2, 0.25) is 0 Å². The molecule has 0 saturated heterocycles. The molecule has 0 atom stereocenters. The van der Waals surface area contributed by atoms with Crippen LogP contribution in [0.15, 0.2) is 41.3 Å². The zero-order valence-electron chi connectivity index (χ0n) is 10.5. The van der Waals surface area contributed by atoms with Gasteiger partial charge in [0.2, 0.25) is 10.0 Å². The number of nitrogens with one attached hydrogen (secondary N) is 1. The molecular weight excluding hydrogens is 302 g/mol. The number of hydrogen-bond donors (Lipinski definition) is 3. The van der Waals surface area contributed by atoms with Crippen molar-refractivity contribution in [2.75, 3.05) is 6.54 Å². The number of carboxylic acids is 2. The minimum Gasteiger partial charge on any atom is -0.480 e. The minimum absolute atomic E-state index is 0.102. The Balaban J connectivity index is 2.89. The topological polar surface area (TPSA) is 138 Å². The molecule has 3 N–H and O–H groups in total. The van der Waals surface area contributed by atoms with Crippen molar-refractivity contribution in [3.05, 3.63) is 42.0 Å². The molecular formula is C12H11NO7S. The van der Waals surface area contributed by atoms with E-state index in [-0.39, 0.29) is 10.5 Å². The number of aliphatic carboxylic acids is 2. The quantitative estimate of drug-likeness (QED) is 0.471. The Bertz CT molecular complexity index is 689. The van der Waals surface area contributed by atoms with Crippen LogP contribution in [0.1, 0.15) is 10.4 Å². The average molecular weight is 313 g/mol. The van der Waals surface area contributed by atoms with Gasteiger partial charge < -0.3 is 10.2 Å². The highest BCUT2D eigenvalue weighted by Gasteiger charge is 2.15. The number of carbonyl (C=O) groups excluding carboxylic acids is 1. The normalized spacial score (nSPS) is 11.4. The van der Waals surface area contributed by atoms with Crippen molar-refractivity contribution in [3.8, 4) is 0 Å². The standard InChI is InChI=1S/C12H11NO7S/c14-10(5-6-11(15)16)8-1-3-9(4-2-8)21(19,20)13-7-12(17)18/h1-6,13H,7H2,(H,15,16)(H,17,18)/b6-5+. The Labute approximate surface area is 119 Å². The molecule has 0 aromatic heterocycles. The lowest BCUT2D eigenvalue weighted by molar-refractivity contribution is -0.135. The summed E-state index contributed by atoms with van der Waals surface area (Å²) in [5.74, 6) is -3.20. The van der Waals surface area contributed by atoms with Crippen molar-refractivity contribution < 1.29 is 33.0 Å². The Morgan fingerprint density at radius 3 is 2.10 bits per heavy atom. The van der Waals surface area contributed by atoms with Crippen LogP contribution in [-0.2, 0) is 19.6 Å². The molecule has 0 amide bonds. The van der Waals surface area contributed by atoms with Crippen LogP contribution in [0.5, 0.6) is 0 Å². The van der Waals surface area contributed by atoms with Gasteiger partial charge in [-0.1, -0.05) is 0 Å². The second kappa shape index (κ2) is 6.77. The summed E-state index contributed by atoms with van der Waals surface area (Å²) in [5, 5.41) is 16.8. The molecule has 0 heterocycles. The van der Waals surface area contributed by atoms with Crippen molar-refractivity contribution in [3.63, 3.8) is 0 Å². The van der Waals surface area contributed by atoms with Crippen molar-refractivity contribution in [2.24, 2.45) is 0 Å². The van der Waals surface area contributed by atoms with Gasteiger partial charge >= 0.3 is 11.9 Å². The molecule has 9 heteroatoms. The number of sulfonamides is 1. The summed E-state index contributed by atoms with van der Waals surface area (Å²) >= 11 is 0. The van der Waals surface area contributed by atoms with Crippen molar-refractivity contribution in [1.29, 1.82) is 0 Å². The van der Waals surface area contributed by atoms with Gasteiger partial charge in [0.1, 0.15) is 6.54 Å². The predicted octanol–water partition coefficient (Wildman–Crippen LogP) is -0.127. The Morgan fingerprint density at radius 2 is 1.62 bits per heavy atom. The van der Waals surface area contributed by atoms with Crippen LogP contribution in [-0.4, -0.2) is 42.9 Å². The molecule has 0 aliphatic rings. The Hall–Kier alpha value is -2.52. The second-order valence-electron chi connectivity index (χ2n) is 3.78. The Morgan fingerprint density at radius 1 is 1.05 bits per heavy atom. The van der Waals surface area contributed by atoms with E-state index in [2.05, 4.69) is 0 Å². The molecule has 112 valence electrons. The summed E-state index contributed by atoms with van der Waals surface area (Å²) < 4.78 is 25.2. The molecule has 0 spiro atoms. The third kappa shape index (κ3) is 5.16. The molecule has 1 aromatic rings. The van der Waals surface area contributed by atoms with Gasteiger partial charge in [0, 0.05) is 11.6 Å². The van der Waals surface area contributed by atoms with E-state index in [0.717, 1.165) is 18.2 Å². The summed E-state index contributed by atoms with van der Waals surface area (Å²) in [6, 6.07) is 4.63. The summed E-state index contributed by atoms with van der Waals surface area (Å²) in [6.07, 6.45) is 1.51. The number of rotatable bonds is 7. The van der Waals surface area contributed by atoms with Gasteiger partial charge in [-0.2, -0.15) is 4.72 Å². The number of carbonyl (C=O) groups is 3. The highest BCUT2D eigenvalue weighted by Crippen LogP contribution is 2.11. The molecule has 0 aliphatic heterocycles. The first-order chi connectivity index (χ1) is 9.72. The first kappa shape index (κ1) is 16.5. The molecule has 0 saturated carbocycles.